The molecular weight excluding hydrogens is 256 g/mol. The maximum Gasteiger partial charge on any atom is 0.114 e. The van der Waals surface area contributed by atoms with Gasteiger partial charge in [-0.1, -0.05) is 13.8 Å². The Balaban J connectivity index is 2.34. The van der Waals surface area contributed by atoms with Crippen LogP contribution in [0.1, 0.15) is 39.5 Å². The molecule has 1 unspecified atom stereocenters. The van der Waals surface area contributed by atoms with Crippen LogP contribution in [0.5, 0.6) is 0 Å². The van der Waals surface area contributed by atoms with Crippen molar-refractivity contribution in [2.75, 3.05) is 12.3 Å². The van der Waals surface area contributed by atoms with Crippen molar-refractivity contribution in [2.45, 2.75) is 50.1 Å². The van der Waals surface area contributed by atoms with Crippen molar-refractivity contribution in [2.24, 2.45) is 0 Å². The Hall–Kier alpha value is -1.12. The van der Waals surface area contributed by atoms with Crippen LogP contribution in [0.4, 0.5) is 0 Å². The van der Waals surface area contributed by atoms with Gasteiger partial charge in [-0.15, -0.1) is 11.8 Å². The van der Waals surface area contributed by atoms with Gasteiger partial charge < -0.3 is 0 Å². The van der Waals surface area contributed by atoms with E-state index in [0.717, 1.165) is 43.0 Å². The normalized spacial score (nSPS) is 13.7. The molecule has 19 heavy (non-hydrogen) atoms. The molecule has 0 amide bonds. The van der Waals surface area contributed by atoms with Gasteiger partial charge in [-0.25, -0.2) is 4.98 Å². The first-order valence-electron chi connectivity index (χ1n) is 6.81. The van der Waals surface area contributed by atoms with Gasteiger partial charge >= 0.3 is 0 Å². The molecular formula is C14H22N4S. The Bertz CT molecular complexity index is 390. The molecule has 5 heteroatoms. The molecule has 0 saturated heterocycles. The average Bonchev–Trinajstić information content (AvgIpc) is 2.48. The van der Waals surface area contributed by atoms with Gasteiger partial charge in [-0.2, -0.15) is 5.26 Å². The van der Waals surface area contributed by atoms with Crippen LogP contribution >= 0.6 is 11.8 Å². The highest BCUT2D eigenvalue weighted by Crippen LogP contribution is 2.21. The first-order chi connectivity index (χ1) is 9.26. The lowest BCUT2D eigenvalue weighted by molar-refractivity contribution is 0.371. The van der Waals surface area contributed by atoms with E-state index in [4.69, 9.17) is 0 Å². The van der Waals surface area contributed by atoms with Gasteiger partial charge in [-0.3, -0.25) is 10.3 Å². The second-order valence-corrected chi connectivity index (χ2v) is 5.59. The fourth-order valence-electron chi connectivity index (χ4n) is 1.84. The van der Waals surface area contributed by atoms with E-state index in [1.165, 1.54) is 0 Å². The number of hydrogen-bond acceptors (Lipinski definition) is 5. The van der Waals surface area contributed by atoms with E-state index in [2.05, 4.69) is 35.2 Å². The molecule has 0 bridgehead atoms. The van der Waals surface area contributed by atoms with E-state index >= 15 is 0 Å². The third kappa shape index (κ3) is 5.58. The van der Waals surface area contributed by atoms with Crippen molar-refractivity contribution < 1.29 is 0 Å². The average molecular weight is 278 g/mol. The molecule has 0 aliphatic rings. The fraction of sp³-hybridized carbons (Fsp3) is 0.643. The molecule has 4 nitrogen and oxygen atoms in total. The zero-order valence-electron chi connectivity index (χ0n) is 11.7. The number of nitriles is 1. The summed E-state index contributed by atoms with van der Waals surface area (Å²) in [6, 6.07) is 2.45. The van der Waals surface area contributed by atoms with E-state index in [9.17, 15) is 5.26 Å². The zero-order valence-corrected chi connectivity index (χ0v) is 12.5. The maximum atomic E-state index is 9.38. The molecule has 0 fully saturated rings. The second kappa shape index (κ2) is 8.89. The molecule has 1 rings (SSSR count). The minimum atomic E-state index is -0.362. The highest BCUT2D eigenvalue weighted by Gasteiger charge is 2.26. The fourth-order valence-corrected chi connectivity index (χ4v) is 2.61. The highest BCUT2D eigenvalue weighted by atomic mass is 32.2. The largest absolute Gasteiger partial charge is 0.299 e. The summed E-state index contributed by atoms with van der Waals surface area (Å²) in [5.41, 5.74) is -0.362. The van der Waals surface area contributed by atoms with Gasteiger partial charge in [0, 0.05) is 12.4 Å². The second-order valence-electron chi connectivity index (χ2n) is 4.47. The maximum absolute atomic E-state index is 9.38. The third-order valence-electron chi connectivity index (χ3n) is 3.07. The lowest BCUT2D eigenvalue weighted by atomic mass is 9.92. The minimum absolute atomic E-state index is 0.362. The lowest BCUT2D eigenvalue weighted by Gasteiger charge is -2.26. The Morgan fingerprint density at radius 2 is 2.26 bits per heavy atom. The van der Waals surface area contributed by atoms with Gasteiger partial charge in [0.1, 0.15) is 10.6 Å². The first-order valence-corrected chi connectivity index (χ1v) is 7.80. The summed E-state index contributed by atoms with van der Waals surface area (Å²) in [7, 11) is 0. The molecule has 1 aromatic rings. The molecule has 1 atom stereocenters. The molecule has 1 heterocycles. The molecule has 104 valence electrons. The van der Waals surface area contributed by atoms with E-state index in [0.29, 0.717) is 0 Å². The first kappa shape index (κ1) is 15.9. The SMILES string of the molecule is CCCNC(C#N)(CC)CCCSc1cnccn1. The molecule has 0 saturated carbocycles. The third-order valence-corrected chi connectivity index (χ3v) is 4.07. The van der Waals surface area contributed by atoms with E-state index in [1.807, 2.05) is 0 Å². The summed E-state index contributed by atoms with van der Waals surface area (Å²) in [4.78, 5) is 8.26. The number of rotatable bonds is 9. The van der Waals surface area contributed by atoms with E-state index < -0.39 is 0 Å². The molecule has 1 aromatic heterocycles. The van der Waals surface area contributed by atoms with Crippen LogP contribution in [0, 0.1) is 11.3 Å². The highest BCUT2D eigenvalue weighted by molar-refractivity contribution is 7.99. The van der Waals surface area contributed by atoms with E-state index in [-0.39, 0.29) is 5.54 Å². The number of nitrogens with one attached hydrogen (secondary N) is 1. The molecule has 1 N–H and O–H groups in total. The molecule has 0 spiro atoms. The van der Waals surface area contributed by atoms with Crippen molar-refractivity contribution in [3.63, 3.8) is 0 Å². The summed E-state index contributed by atoms with van der Waals surface area (Å²) in [5.74, 6) is 0.968. The molecule has 0 aliphatic carbocycles. The Kier molecular flexibility index (Phi) is 7.46. The number of nitrogens with zero attached hydrogens (tertiary/aromatic N) is 3. The van der Waals surface area contributed by atoms with Crippen molar-refractivity contribution >= 4 is 11.8 Å². The van der Waals surface area contributed by atoms with Gasteiger partial charge in [0.05, 0.1) is 12.3 Å². The van der Waals surface area contributed by atoms with Crippen molar-refractivity contribution in [3.8, 4) is 6.07 Å². The minimum Gasteiger partial charge on any atom is -0.299 e. The van der Waals surface area contributed by atoms with Gasteiger partial charge in [0.25, 0.3) is 0 Å². The van der Waals surface area contributed by atoms with Crippen LogP contribution in [0.3, 0.4) is 0 Å². The van der Waals surface area contributed by atoms with Crippen LogP contribution in [0.15, 0.2) is 23.6 Å². The van der Waals surface area contributed by atoms with Crippen molar-refractivity contribution in [1.29, 1.82) is 5.26 Å². The topological polar surface area (TPSA) is 61.6 Å². The smallest absolute Gasteiger partial charge is 0.114 e. The monoisotopic (exact) mass is 278 g/mol. The number of hydrogen-bond donors (Lipinski definition) is 1. The van der Waals surface area contributed by atoms with Crippen LogP contribution in [-0.4, -0.2) is 27.8 Å². The van der Waals surface area contributed by atoms with Crippen LogP contribution in [-0.2, 0) is 0 Å². The van der Waals surface area contributed by atoms with Crippen LogP contribution in [0.2, 0.25) is 0 Å². The van der Waals surface area contributed by atoms with Crippen LogP contribution < -0.4 is 5.32 Å². The summed E-state index contributed by atoms with van der Waals surface area (Å²) in [5, 5.41) is 13.7. The van der Waals surface area contributed by atoms with Gasteiger partial charge in [0.2, 0.25) is 0 Å². The number of thioether (sulfide) groups is 1. The number of aromatic nitrogens is 2. The van der Waals surface area contributed by atoms with Gasteiger partial charge in [-0.05, 0) is 38.0 Å². The summed E-state index contributed by atoms with van der Waals surface area (Å²) < 4.78 is 0. The Morgan fingerprint density at radius 3 is 2.84 bits per heavy atom. The Labute approximate surface area is 120 Å². The quantitative estimate of drug-likeness (QED) is 0.556. The molecule has 0 radical (unpaired) electrons. The van der Waals surface area contributed by atoms with E-state index in [1.54, 1.807) is 30.4 Å². The van der Waals surface area contributed by atoms with Gasteiger partial charge in [0.15, 0.2) is 0 Å². The lowest BCUT2D eigenvalue weighted by Crippen LogP contribution is -2.43. The summed E-state index contributed by atoms with van der Waals surface area (Å²) in [6.07, 6.45) is 8.94. The zero-order chi connectivity index (χ0) is 14.0. The van der Waals surface area contributed by atoms with Crippen molar-refractivity contribution in [3.05, 3.63) is 18.6 Å². The standard InChI is InChI=1S/C14H22N4S/c1-3-7-18-14(4-2,12-15)6-5-10-19-13-11-16-8-9-17-13/h8-9,11,18H,3-7,10H2,1-2H3. The van der Waals surface area contributed by atoms with Crippen LogP contribution in [0.25, 0.3) is 0 Å². The Morgan fingerprint density at radius 1 is 1.42 bits per heavy atom. The summed E-state index contributed by atoms with van der Waals surface area (Å²) >= 11 is 1.70. The predicted octanol–water partition coefficient (Wildman–Crippen LogP) is 3.02. The molecule has 0 aliphatic heterocycles. The predicted molar refractivity (Wildman–Crippen MR) is 78.9 cm³/mol. The molecule has 0 aromatic carbocycles. The van der Waals surface area contributed by atoms with Crippen molar-refractivity contribution in [1.82, 2.24) is 15.3 Å². The summed E-state index contributed by atoms with van der Waals surface area (Å²) in [6.45, 7) is 5.09.